The lowest BCUT2D eigenvalue weighted by Crippen LogP contribution is -2.37. The lowest BCUT2D eigenvalue weighted by atomic mass is 10.1. The predicted octanol–water partition coefficient (Wildman–Crippen LogP) is 13.8. The van der Waals surface area contributed by atoms with Gasteiger partial charge in [0.15, 0.2) is 0 Å². The Kier molecular flexibility index (Phi) is 41.7. The topological polar surface area (TPSA) is 94.1 Å². The van der Waals surface area contributed by atoms with E-state index in [1.165, 1.54) is 57.8 Å². The van der Waals surface area contributed by atoms with Crippen LogP contribution in [0.3, 0.4) is 0 Å². The van der Waals surface area contributed by atoms with Crippen LogP contribution in [0.4, 0.5) is 0 Å². The number of nitrogens with zero attached hydrogens (tertiary/aromatic N) is 1. The molecule has 346 valence electrons. The Morgan fingerprint density at radius 1 is 0.533 bits per heavy atom. The van der Waals surface area contributed by atoms with Gasteiger partial charge in [-0.3, -0.25) is 9.36 Å². The molecule has 0 amide bonds. The van der Waals surface area contributed by atoms with Crippen molar-refractivity contribution in [1.29, 1.82) is 0 Å². The van der Waals surface area contributed by atoms with Gasteiger partial charge in [0, 0.05) is 13.0 Å². The van der Waals surface area contributed by atoms with Gasteiger partial charge in [0.2, 0.25) is 0 Å². The first kappa shape index (κ1) is 57.7. The molecule has 2 unspecified atom stereocenters. The summed E-state index contributed by atoms with van der Waals surface area (Å²) >= 11 is 0. The van der Waals surface area contributed by atoms with E-state index >= 15 is 0 Å². The fraction of sp³-hybridized carbons (Fsp3) is 0.706. The van der Waals surface area contributed by atoms with Gasteiger partial charge in [-0.05, 0) is 89.9 Å². The van der Waals surface area contributed by atoms with Crippen LogP contribution >= 0.6 is 7.82 Å². The van der Waals surface area contributed by atoms with Crippen molar-refractivity contribution in [2.45, 2.75) is 180 Å². The molecule has 0 radical (unpaired) electrons. The van der Waals surface area contributed by atoms with Gasteiger partial charge >= 0.3 is 5.97 Å². The molecule has 0 aromatic rings. The van der Waals surface area contributed by atoms with E-state index in [0.29, 0.717) is 24.1 Å². The first-order valence-corrected chi connectivity index (χ1v) is 25.3. The van der Waals surface area contributed by atoms with Crippen molar-refractivity contribution in [1.82, 2.24) is 0 Å². The van der Waals surface area contributed by atoms with Crippen molar-refractivity contribution in [3.63, 3.8) is 0 Å². The molecule has 0 aromatic carbocycles. The predicted molar refractivity (Wildman–Crippen MR) is 254 cm³/mol. The van der Waals surface area contributed by atoms with Crippen molar-refractivity contribution < 1.29 is 37.3 Å². The summed E-state index contributed by atoms with van der Waals surface area (Å²) in [5, 5.41) is 0. The molecule has 0 heterocycles. The number of likely N-dealkylation sites (N-methyl/N-ethyl adjacent to an activating group) is 1. The van der Waals surface area contributed by atoms with E-state index < -0.39 is 13.9 Å². The van der Waals surface area contributed by atoms with Crippen LogP contribution in [0.15, 0.2) is 85.1 Å². The first-order chi connectivity index (χ1) is 29.1. The molecule has 0 aliphatic rings. The molecule has 0 aromatic heterocycles. The molecular weight excluding hydrogens is 770 g/mol. The monoisotopic (exact) mass is 860 g/mol. The number of quaternary nitrogens is 1. The number of phosphoric ester groups is 1. The number of rotatable bonds is 43. The molecular formula is C51H90NO7P. The van der Waals surface area contributed by atoms with Crippen molar-refractivity contribution >= 4 is 13.8 Å². The molecule has 0 aliphatic heterocycles. The van der Waals surface area contributed by atoms with Crippen molar-refractivity contribution in [3.05, 3.63) is 85.1 Å². The molecule has 9 heteroatoms. The number of hydrogen-bond acceptors (Lipinski definition) is 7. The molecule has 2 atom stereocenters. The third-order valence-electron chi connectivity index (χ3n) is 9.68. The number of carbonyl (C=O) groups is 1. The maximum absolute atomic E-state index is 12.7. The maximum Gasteiger partial charge on any atom is 0.306 e. The Balaban J connectivity index is 4.30. The zero-order valence-electron chi connectivity index (χ0n) is 39.1. The summed E-state index contributed by atoms with van der Waals surface area (Å²) in [5.41, 5.74) is 0. The highest BCUT2D eigenvalue weighted by atomic mass is 31.2. The van der Waals surface area contributed by atoms with Crippen molar-refractivity contribution in [3.8, 4) is 0 Å². The Bertz CT molecular complexity index is 1230. The minimum absolute atomic E-state index is 0.0132. The zero-order chi connectivity index (χ0) is 44.1. The highest BCUT2D eigenvalue weighted by Gasteiger charge is 2.20. The van der Waals surface area contributed by atoms with Crippen LogP contribution in [0.1, 0.15) is 174 Å². The quantitative estimate of drug-likeness (QED) is 0.0198. The van der Waals surface area contributed by atoms with Crippen LogP contribution in [-0.2, 0) is 27.9 Å². The van der Waals surface area contributed by atoms with Crippen molar-refractivity contribution in [2.24, 2.45) is 0 Å². The Hall–Kier alpha value is -2.32. The summed E-state index contributed by atoms with van der Waals surface area (Å²) in [5.74, 6) is -0.358. The average Bonchev–Trinajstić information content (AvgIpc) is 3.20. The minimum atomic E-state index is -4.54. The van der Waals surface area contributed by atoms with Crippen LogP contribution in [0.5, 0.6) is 0 Å². The molecule has 0 fully saturated rings. The fourth-order valence-electron chi connectivity index (χ4n) is 6.01. The Morgan fingerprint density at radius 3 is 1.47 bits per heavy atom. The van der Waals surface area contributed by atoms with E-state index in [9.17, 15) is 14.3 Å². The lowest BCUT2D eigenvalue weighted by molar-refractivity contribution is -0.870. The summed E-state index contributed by atoms with van der Waals surface area (Å²) < 4.78 is 34.6. The van der Waals surface area contributed by atoms with Gasteiger partial charge in [0.25, 0.3) is 7.82 Å². The molecule has 0 saturated carbocycles. The van der Waals surface area contributed by atoms with Gasteiger partial charge in [0.05, 0.1) is 34.4 Å². The minimum Gasteiger partial charge on any atom is -0.756 e. The highest BCUT2D eigenvalue weighted by Crippen LogP contribution is 2.38. The van der Waals surface area contributed by atoms with E-state index in [2.05, 4.69) is 98.9 Å². The summed E-state index contributed by atoms with van der Waals surface area (Å²) in [6, 6.07) is 0. The van der Waals surface area contributed by atoms with Gasteiger partial charge in [0.1, 0.15) is 19.3 Å². The van der Waals surface area contributed by atoms with Gasteiger partial charge in [-0.1, -0.05) is 163 Å². The SMILES string of the molecule is CC/C=C\C/C=C\C/C=C\C/C=C\C/C=C\C/C=C\CCCCCOCC(COP(=O)([O-])OCC[N+](C)(C)C)OC(=O)CCCCCCC/C=C\CCCCCCCCC. The van der Waals surface area contributed by atoms with Gasteiger partial charge < -0.3 is 27.9 Å². The first-order valence-electron chi connectivity index (χ1n) is 23.8. The number of carbonyl (C=O) groups excluding carboxylic acids is 1. The second-order valence-electron chi connectivity index (χ2n) is 16.7. The van der Waals surface area contributed by atoms with E-state index in [1.54, 1.807) is 0 Å². The zero-order valence-corrected chi connectivity index (χ0v) is 40.0. The number of ether oxygens (including phenoxy) is 2. The molecule has 0 saturated heterocycles. The molecule has 0 N–H and O–H groups in total. The van der Waals surface area contributed by atoms with Crippen LogP contribution in [-0.4, -0.2) is 70.7 Å². The molecule has 8 nitrogen and oxygen atoms in total. The number of allylic oxidation sites excluding steroid dienone is 14. The summed E-state index contributed by atoms with van der Waals surface area (Å²) in [6.45, 7) is 5.18. The number of phosphoric acid groups is 1. The normalized spacial score (nSPS) is 14.4. The van der Waals surface area contributed by atoms with Crippen LogP contribution < -0.4 is 4.89 Å². The maximum atomic E-state index is 12.7. The van der Waals surface area contributed by atoms with Gasteiger partial charge in [-0.2, -0.15) is 0 Å². The van der Waals surface area contributed by atoms with Crippen LogP contribution in [0.2, 0.25) is 0 Å². The van der Waals surface area contributed by atoms with Crippen LogP contribution in [0, 0.1) is 0 Å². The van der Waals surface area contributed by atoms with Gasteiger partial charge in [-0.25, -0.2) is 0 Å². The second-order valence-corrected chi connectivity index (χ2v) is 18.1. The Labute approximate surface area is 369 Å². The van der Waals surface area contributed by atoms with Gasteiger partial charge in [-0.15, -0.1) is 0 Å². The molecule has 0 rings (SSSR count). The van der Waals surface area contributed by atoms with E-state index in [1.807, 2.05) is 21.1 Å². The number of hydrogen-bond donors (Lipinski definition) is 0. The molecule has 0 spiro atoms. The Morgan fingerprint density at radius 2 is 0.967 bits per heavy atom. The third-order valence-corrected chi connectivity index (χ3v) is 10.6. The van der Waals surface area contributed by atoms with E-state index in [0.717, 1.165) is 96.3 Å². The smallest absolute Gasteiger partial charge is 0.306 e. The summed E-state index contributed by atoms with van der Waals surface area (Å²) in [6.07, 6.45) is 57.5. The van der Waals surface area contributed by atoms with Crippen LogP contribution in [0.25, 0.3) is 0 Å². The molecule has 60 heavy (non-hydrogen) atoms. The highest BCUT2D eigenvalue weighted by molar-refractivity contribution is 7.45. The second kappa shape index (κ2) is 43.3. The fourth-order valence-corrected chi connectivity index (χ4v) is 6.74. The average molecular weight is 860 g/mol. The van der Waals surface area contributed by atoms with E-state index in [-0.39, 0.29) is 25.8 Å². The lowest BCUT2D eigenvalue weighted by Gasteiger charge is -2.28. The third kappa shape index (κ3) is 46.7. The van der Waals surface area contributed by atoms with Crippen molar-refractivity contribution in [2.75, 3.05) is 54.1 Å². The number of esters is 1. The molecule has 0 aliphatic carbocycles. The van der Waals surface area contributed by atoms with E-state index in [4.69, 9.17) is 18.5 Å². The summed E-state index contributed by atoms with van der Waals surface area (Å²) in [4.78, 5) is 25.1. The number of unbranched alkanes of at least 4 members (excludes halogenated alkanes) is 15. The standard InChI is InChI=1S/C51H90NO7P/c1-6-8-10-12-14-16-18-20-22-24-25-26-27-28-29-31-33-35-37-39-41-43-46-56-48-50(49-58-60(54,55)57-47-45-52(3,4)5)59-51(53)44-42-40-38-36-34-32-30-23-21-19-17-15-13-11-9-7-2/h8,10,14,16,20,22-23,25-26,28-30,33,35,50H,6-7,9,11-13,15,17-19,21,24,27,31-32,34,36-49H2,1-5H3/b10-8-,16-14-,22-20-,26-25-,29-28-,30-23-,35-33-. The largest absolute Gasteiger partial charge is 0.756 e. The molecule has 0 bridgehead atoms. The summed E-state index contributed by atoms with van der Waals surface area (Å²) in [7, 11) is 1.31.